The summed E-state index contributed by atoms with van der Waals surface area (Å²) in [4.78, 5) is 4.02. The molecule has 0 radical (unpaired) electrons. The SMILES string of the molecule is CN(C1CCc2ccccc21)S(=O)(=O)c1ccc(Cl)nc1. The van der Waals surface area contributed by atoms with E-state index < -0.39 is 10.0 Å². The zero-order valence-electron chi connectivity index (χ0n) is 11.5. The standard InChI is InChI=1S/C15H15ClN2O2S/c1-18(14-8-6-11-4-2-3-5-13(11)14)21(19,20)12-7-9-15(16)17-10-12/h2-5,7,9-10,14H,6,8H2,1H3. The van der Waals surface area contributed by atoms with Gasteiger partial charge in [-0.05, 0) is 36.1 Å². The van der Waals surface area contributed by atoms with Gasteiger partial charge in [-0.3, -0.25) is 0 Å². The number of pyridine rings is 1. The van der Waals surface area contributed by atoms with Gasteiger partial charge in [-0.2, -0.15) is 4.31 Å². The van der Waals surface area contributed by atoms with Gasteiger partial charge in [0.25, 0.3) is 0 Å². The molecule has 1 aromatic carbocycles. The predicted octanol–water partition coefficient (Wildman–Crippen LogP) is 3.04. The number of sulfonamides is 1. The normalized spacial score (nSPS) is 18.0. The molecule has 0 spiro atoms. The first kappa shape index (κ1) is 14.5. The van der Waals surface area contributed by atoms with Crippen molar-refractivity contribution in [3.63, 3.8) is 0 Å². The van der Waals surface area contributed by atoms with Gasteiger partial charge in [-0.25, -0.2) is 13.4 Å². The van der Waals surface area contributed by atoms with Crippen molar-refractivity contribution < 1.29 is 8.42 Å². The molecule has 0 aliphatic heterocycles. The fourth-order valence-electron chi connectivity index (χ4n) is 2.76. The number of benzene rings is 1. The molecule has 0 amide bonds. The van der Waals surface area contributed by atoms with Gasteiger partial charge < -0.3 is 0 Å². The lowest BCUT2D eigenvalue weighted by Gasteiger charge is -2.24. The minimum atomic E-state index is -3.57. The maximum atomic E-state index is 12.7. The van der Waals surface area contributed by atoms with Gasteiger partial charge >= 0.3 is 0 Å². The fraction of sp³-hybridized carbons (Fsp3) is 0.267. The first-order valence-electron chi connectivity index (χ1n) is 6.67. The molecule has 1 aliphatic rings. The molecule has 1 unspecified atom stereocenters. The molecule has 110 valence electrons. The Morgan fingerprint density at radius 3 is 2.71 bits per heavy atom. The molecular weight excluding hydrogens is 308 g/mol. The summed E-state index contributed by atoms with van der Waals surface area (Å²) in [6, 6.07) is 10.8. The maximum Gasteiger partial charge on any atom is 0.244 e. The van der Waals surface area contributed by atoms with Crippen molar-refractivity contribution in [2.45, 2.75) is 23.8 Å². The van der Waals surface area contributed by atoms with Gasteiger partial charge in [-0.1, -0.05) is 35.9 Å². The Balaban J connectivity index is 1.95. The van der Waals surface area contributed by atoms with Gasteiger partial charge in [0.05, 0.1) is 6.04 Å². The summed E-state index contributed by atoms with van der Waals surface area (Å²) in [5.41, 5.74) is 2.31. The molecular formula is C15H15ClN2O2S. The van der Waals surface area contributed by atoms with Crippen LogP contribution in [0.4, 0.5) is 0 Å². The second kappa shape index (κ2) is 5.40. The van der Waals surface area contributed by atoms with Crippen LogP contribution in [0.2, 0.25) is 5.15 Å². The number of aryl methyl sites for hydroxylation is 1. The number of aromatic nitrogens is 1. The first-order chi connectivity index (χ1) is 10.00. The van der Waals surface area contributed by atoms with E-state index in [-0.39, 0.29) is 16.1 Å². The monoisotopic (exact) mass is 322 g/mol. The minimum absolute atomic E-state index is 0.123. The molecule has 0 saturated carbocycles. The summed E-state index contributed by atoms with van der Waals surface area (Å²) in [6.07, 6.45) is 3.00. The van der Waals surface area contributed by atoms with E-state index in [9.17, 15) is 8.42 Å². The molecule has 0 fully saturated rings. The van der Waals surface area contributed by atoms with Gasteiger partial charge in [0.2, 0.25) is 10.0 Å². The van der Waals surface area contributed by atoms with E-state index in [1.54, 1.807) is 7.05 Å². The Morgan fingerprint density at radius 1 is 1.24 bits per heavy atom. The highest BCUT2D eigenvalue weighted by molar-refractivity contribution is 7.89. The van der Waals surface area contributed by atoms with Gasteiger partial charge in [0.15, 0.2) is 0 Å². The van der Waals surface area contributed by atoms with Gasteiger partial charge in [0, 0.05) is 13.2 Å². The third-order valence-corrected chi connectivity index (χ3v) is 5.99. The van der Waals surface area contributed by atoms with Crippen LogP contribution in [-0.4, -0.2) is 24.8 Å². The molecule has 1 heterocycles. The number of fused-ring (bicyclic) bond motifs is 1. The Bertz CT molecular complexity index is 759. The molecule has 0 bridgehead atoms. The van der Waals surface area contributed by atoms with Crippen LogP contribution in [-0.2, 0) is 16.4 Å². The lowest BCUT2D eigenvalue weighted by Crippen LogP contribution is -2.30. The number of halogens is 1. The molecule has 2 aromatic rings. The summed E-state index contributed by atoms with van der Waals surface area (Å²) < 4.78 is 26.8. The van der Waals surface area contributed by atoms with E-state index in [2.05, 4.69) is 11.1 Å². The van der Waals surface area contributed by atoms with Crippen LogP contribution < -0.4 is 0 Å². The Morgan fingerprint density at radius 2 is 2.00 bits per heavy atom. The van der Waals surface area contributed by atoms with Crippen LogP contribution in [0.25, 0.3) is 0 Å². The minimum Gasteiger partial charge on any atom is -0.243 e. The zero-order chi connectivity index (χ0) is 15.0. The number of nitrogens with zero attached hydrogens (tertiary/aromatic N) is 2. The lowest BCUT2D eigenvalue weighted by molar-refractivity contribution is 0.374. The molecule has 1 aliphatic carbocycles. The van der Waals surface area contributed by atoms with Crippen LogP contribution in [0, 0.1) is 0 Å². The van der Waals surface area contributed by atoms with E-state index in [0.717, 1.165) is 18.4 Å². The second-order valence-corrected chi connectivity index (χ2v) is 7.48. The molecule has 1 atom stereocenters. The summed E-state index contributed by atoms with van der Waals surface area (Å²) >= 11 is 5.72. The number of hydrogen-bond donors (Lipinski definition) is 0. The predicted molar refractivity (Wildman–Crippen MR) is 81.7 cm³/mol. The van der Waals surface area contributed by atoms with Crippen molar-refractivity contribution in [1.82, 2.24) is 9.29 Å². The maximum absolute atomic E-state index is 12.7. The highest BCUT2D eigenvalue weighted by atomic mass is 35.5. The Labute approximate surface area is 129 Å². The van der Waals surface area contributed by atoms with Gasteiger partial charge in [-0.15, -0.1) is 0 Å². The zero-order valence-corrected chi connectivity index (χ0v) is 13.1. The van der Waals surface area contributed by atoms with Crippen molar-refractivity contribution >= 4 is 21.6 Å². The van der Waals surface area contributed by atoms with E-state index in [1.807, 2.05) is 18.2 Å². The molecule has 21 heavy (non-hydrogen) atoms. The molecule has 6 heteroatoms. The average molecular weight is 323 g/mol. The van der Waals surface area contributed by atoms with Gasteiger partial charge in [0.1, 0.15) is 10.0 Å². The van der Waals surface area contributed by atoms with E-state index >= 15 is 0 Å². The largest absolute Gasteiger partial charge is 0.244 e. The second-order valence-electron chi connectivity index (χ2n) is 5.09. The smallest absolute Gasteiger partial charge is 0.243 e. The van der Waals surface area contributed by atoms with Crippen molar-refractivity contribution in [3.05, 3.63) is 58.9 Å². The van der Waals surface area contributed by atoms with E-state index in [4.69, 9.17) is 11.6 Å². The van der Waals surface area contributed by atoms with Crippen LogP contribution in [0.5, 0.6) is 0 Å². The van der Waals surface area contributed by atoms with Crippen molar-refractivity contribution in [2.75, 3.05) is 7.05 Å². The van der Waals surface area contributed by atoms with Crippen molar-refractivity contribution in [2.24, 2.45) is 0 Å². The highest BCUT2D eigenvalue weighted by Gasteiger charge is 2.33. The Hall–Kier alpha value is -1.43. The first-order valence-corrected chi connectivity index (χ1v) is 8.49. The van der Waals surface area contributed by atoms with Crippen molar-refractivity contribution in [1.29, 1.82) is 0 Å². The van der Waals surface area contributed by atoms with E-state index in [1.165, 1.54) is 28.2 Å². The quantitative estimate of drug-likeness (QED) is 0.816. The summed E-state index contributed by atoms with van der Waals surface area (Å²) in [7, 11) is -1.95. The van der Waals surface area contributed by atoms with Crippen LogP contribution in [0.3, 0.4) is 0 Å². The Kier molecular flexibility index (Phi) is 3.73. The lowest BCUT2D eigenvalue weighted by atomic mass is 10.1. The van der Waals surface area contributed by atoms with Crippen LogP contribution in [0.1, 0.15) is 23.6 Å². The third-order valence-electron chi connectivity index (χ3n) is 3.92. The highest BCUT2D eigenvalue weighted by Crippen LogP contribution is 2.37. The third kappa shape index (κ3) is 2.57. The van der Waals surface area contributed by atoms with Crippen molar-refractivity contribution in [3.8, 4) is 0 Å². The fourth-order valence-corrected chi connectivity index (χ4v) is 4.19. The molecule has 0 N–H and O–H groups in total. The molecule has 3 rings (SSSR count). The summed E-state index contributed by atoms with van der Waals surface area (Å²) in [5.74, 6) is 0. The summed E-state index contributed by atoms with van der Waals surface area (Å²) in [5, 5.41) is 0.280. The molecule has 1 aromatic heterocycles. The molecule has 0 saturated heterocycles. The average Bonchev–Trinajstić information content (AvgIpc) is 2.90. The number of hydrogen-bond acceptors (Lipinski definition) is 3. The molecule has 4 nitrogen and oxygen atoms in total. The van der Waals surface area contributed by atoms with E-state index in [0.29, 0.717) is 0 Å². The topological polar surface area (TPSA) is 50.3 Å². The van der Waals surface area contributed by atoms with Crippen LogP contribution >= 0.6 is 11.6 Å². The number of rotatable bonds is 3. The van der Waals surface area contributed by atoms with Crippen LogP contribution in [0.15, 0.2) is 47.5 Å². The summed E-state index contributed by atoms with van der Waals surface area (Å²) in [6.45, 7) is 0.